The molecule has 1 fully saturated rings. The van der Waals surface area contributed by atoms with Gasteiger partial charge in [0.1, 0.15) is 11.4 Å². The van der Waals surface area contributed by atoms with Crippen LogP contribution in [0.5, 0.6) is 0 Å². The van der Waals surface area contributed by atoms with E-state index in [9.17, 15) is 9.59 Å². The van der Waals surface area contributed by atoms with E-state index in [1.807, 2.05) is 29.2 Å². The molecule has 1 aromatic carbocycles. The quantitative estimate of drug-likeness (QED) is 0.848. The van der Waals surface area contributed by atoms with Gasteiger partial charge in [-0.1, -0.05) is 24.3 Å². The average Bonchev–Trinajstić information content (AvgIpc) is 3.12. The Kier molecular flexibility index (Phi) is 4.22. The topological polar surface area (TPSA) is 53.5 Å². The van der Waals surface area contributed by atoms with Crippen LogP contribution in [0.4, 0.5) is 5.69 Å². The Bertz CT molecular complexity index is 812. The van der Waals surface area contributed by atoms with Crippen LogP contribution in [0, 0.1) is 0 Å². The molecular weight excluding hydrogens is 314 g/mol. The van der Waals surface area contributed by atoms with Gasteiger partial charge in [-0.05, 0) is 49.4 Å². The van der Waals surface area contributed by atoms with E-state index in [4.69, 9.17) is 0 Å². The molecule has 4 rings (SSSR count). The largest absolute Gasteiger partial charge is 0.337 e. The van der Waals surface area contributed by atoms with Gasteiger partial charge in [-0.15, -0.1) is 0 Å². The maximum Gasteiger partial charge on any atom is 0.276 e. The van der Waals surface area contributed by atoms with Crippen molar-refractivity contribution in [3.05, 3.63) is 59.4 Å². The Balaban J connectivity index is 1.57. The number of nitrogens with zero attached hydrogens (tertiary/aromatic N) is 3. The van der Waals surface area contributed by atoms with Gasteiger partial charge >= 0.3 is 0 Å². The molecule has 2 aliphatic rings. The van der Waals surface area contributed by atoms with Gasteiger partial charge in [-0.25, -0.2) is 4.98 Å². The number of anilines is 1. The van der Waals surface area contributed by atoms with Gasteiger partial charge in [0.05, 0.1) is 0 Å². The highest BCUT2D eigenvalue weighted by Gasteiger charge is 2.27. The first-order valence-electron chi connectivity index (χ1n) is 8.90. The van der Waals surface area contributed by atoms with Crippen LogP contribution in [0.2, 0.25) is 0 Å². The summed E-state index contributed by atoms with van der Waals surface area (Å²) in [6, 6.07) is 13.1. The van der Waals surface area contributed by atoms with Crippen LogP contribution in [-0.2, 0) is 6.42 Å². The molecule has 0 aliphatic carbocycles. The van der Waals surface area contributed by atoms with Crippen molar-refractivity contribution in [3.63, 3.8) is 0 Å². The van der Waals surface area contributed by atoms with Gasteiger partial charge in [0.15, 0.2) is 0 Å². The van der Waals surface area contributed by atoms with Gasteiger partial charge in [-0.2, -0.15) is 0 Å². The molecule has 0 radical (unpaired) electrons. The van der Waals surface area contributed by atoms with Crippen molar-refractivity contribution in [3.8, 4) is 0 Å². The Hall–Kier alpha value is -2.69. The van der Waals surface area contributed by atoms with E-state index < -0.39 is 0 Å². The number of piperidine rings is 1. The lowest BCUT2D eigenvalue weighted by molar-refractivity contribution is 0.0718. The third-order valence-corrected chi connectivity index (χ3v) is 4.96. The highest BCUT2D eigenvalue weighted by Crippen LogP contribution is 2.28. The summed E-state index contributed by atoms with van der Waals surface area (Å²) < 4.78 is 0. The predicted octanol–water partition coefficient (Wildman–Crippen LogP) is 2.91. The summed E-state index contributed by atoms with van der Waals surface area (Å²) in [6.07, 6.45) is 4.10. The van der Waals surface area contributed by atoms with Crippen molar-refractivity contribution in [2.75, 3.05) is 24.5 Å². The monoisotopic (exact) mass is 335 g/mol. The molecule has 1 saturated heterocycles. The second-order valence-electron chi connectivity index (χ2n) is 6.60. The average molecular weight is 335 g/mol. The van der Waals surface area contributed by atoms with Crippen LogP contribution in [0.1, 0.15) is 45.8 Å². The van der Waals surface area contributed by atoms with Crippen LogP contribution in [-0.4, -0.2) is 41.3 Å². The first-order valence-corrected chi connectivity index (χ1v) is 8.90. The number of carbonyl (C=O) groups is 2. The van der Waals surface area contributed by atoms with Gasteiger partial charge in [0.2, 0.25) is 0 Å². The molecule has 25 heavy (non-hydrogen) atoms. The predicted molar refractivity (Wildman–Crippen MR) is 95.8 cm³/mol. The molecule has 0 N–H and O–H groups in total. The highest BCUT2D eigenvalue weighted by molar-refractivity contribution is 6.06. The number of rotatable bonds is 2. The number of aromatic nitrogens is 1. The van der Waals surface area contributed by atoms with E-state index >= 15 is 0 Å². The molecule has 128 valence electrons. The number of fused-ring (bicyclic) bond motifs is 1. The summed E-state index contributed by atoms with van der Waals surface area (Å²) in [6.45, 7) is 2.21. The molecule has 3 heterocycles. The molecule has 5 nitrogen and oxygen atoms in total. The molecule has 2 aromatic rings. The maximum atomic E-state index is 12.9. The molecule has 0 saturated carbocycles. The van der Waals surface area contributed by atoms with Crippen LogP contribution in [0.25, 0.3) is 0 Å². The zero-order valence-corrected chi connectivity index (χ0v) is 14.1. The van der Waals surface area contributed by atoms with Crippen LogP contribution in [0.3, 0.4) is 0 Å². The van der Waals surface area contributed by atoms with E-state index in [1.165, 1.54) is 12.0 Å². The summed E-state index contributed by atoms with van der Waals surface area (Å²) >= 11 is 0. The lowest BCUT2D eigenvalue weighted by Gasteiger charge is -2.26. The lowest BCUT2D eigenvalue weighted by atomic mass is 10.1. The minimum absolute atomic E-state index is 0.0730. The van der Waals surface area contributed by atoms with Crippen LogP contribution in [0.15, 0.2) is 42.5 Å². The summed E-state index contributed by atoms with van der Waals surface area (Å²) in [5.41, 5.74) is 2.82. The third kappa shape index (κ3) is 3.02. The second kappa shape index (κ2) is 6.67. The van der Waals surface area contributed by atoms with Crippen molar-refractivity contribution in [1.29, 1.82) is 0 Å². The van der Waals surface area contributed by atoms with Crippen molar-refractivity contribution in [2.24, 2.45) is 0 Å². The minimum Gasteiger partial charge on any atom is -0.337 e. The number of carbonyl (C=O) groups excluding carboxylic acids is 2. The van der Waals surface area contributed by atoms with Crippen LogP contribution >= 0.6 is 0 Å². The number of pyridine rings is 1. The smallest absolute Gasteiger partial charge is 0.276 e. The zero-order valence-electron chi connectivity index (χ0n) is 14.1. The second-order valence-corrected chi connectivity index (χ2v) is 6.60. The number of hydrogen-bond acceptors (Lipinski definition) is 3. The molecule has 5 heteroatoms. The third-order valence-electron chi connectivity index (χ3n) is 4.96. The van der Waals surface area contributed by atoms with E-state index in [-0.39, 0.29) is 11.8 Å². The fourth-order valence-corrected chi connectivity index (χ4v) is 3.62. The van der Waals surface area contributed by atoms with Crippen molar-refractivity contribution in [2.45, 2.75) is 25.7 Å². The van der Waals surface area contributed by atoms with E-state index in [0.717, 1.165) is 38.0 Å². The highest BCUT2D eigenvalue weighted by atomic mass is 16.2. The Labute approximate surface area is 147 Å². The van der Waals surface area contributed by atoms with Crippen molar-refractivity contribution >= 4 is 17.5 Å². The summed E-state index contributed by atoms with van der Waals surface area (Å²) in [5.74, 6) is -0.214. The first kappa shape index (κ1) is 15.8. The van der Waals surface area contributed by atoms with Gasteiger partial charge in [0, 0.05) is 25.3 Å². The summed E-state index contributed by atoms with van der Waals surface area (Å²) in [5, 5.41) is 0. The molecular formula is C20H21N3O2. The summed E-state index contributed by atoms with van der Waals surface area (Å²) in [7, 11) is 0. The standard InChI is InChI=1S/C20H21N3O2/c24-19(22-12-4-1-5-13-22)16-8-6-9-17(21-16)20(25)23-14-11-15-7-2-3-10-18(15)23/h2-3,6-10H,1,4-5,11-14H2. The number of amides is 2. The van der Waals surface area contributed by atoms with Crippen molar-refractivity contribution < 1.29 is 9.59 Å². The van der Waals surface area contributed by atoms with E-state index in [2.05, 4.69) is 4.98 Å². The normalized spacial score (nSPS) is 16.6. The Morgan fingerprint density at radius 1 is 0.800 bits per heavy atom. The zero-order chi connectivity index (χ0) is 17.2. The van der Waals surface area contributed by atoms with Gasteiger partial charge in [0.25, 0.3) is 11.8 Å². The number of hydrogen-bond donors (Lipinski definition) is 0. The fourth-order valence-electron chi connectivity index (χ4n) is 3.62. The van der Waals surface area contributed by atoms with E-state index in [0.29, 0.717) is 17.9 Å². The lowest BCUT2D eigenvalue weighted by Crippen LogP contribution is -2.36. The van der Waals surface area contributed by atoms with Gasteiger partial charge < -0.3 is 9.80 Å². The van der Waals surface area contributed by atoms with Crippen molar-refractivity contribution in [1.82, 2.24) is 9.88 Å². The fraction of sp³-hybridized carbons (Fsp3) is 0.350. The molecule has 0 atom stereocenters. The first-order chi connectivity index (χ1) is 12.2. The molecule has 2 aliphatic heterocycles. The van der Waals surface area contributed by atoms with E-state index in [1.54, 1.807) is 23.1 Å². The molecule has 0 unspecified atom stereocenters. The van der Waals surface area contributed by atoms with Gasteiger partial charge in [-0.3, -0.25) is 9.59 Å². The maximum absolute atomic E-state index is 12.9. The number of para-hydroxylation sites is 1. The molecule has 0 bridgehead atoms. The molecule has 0 spiro atoms. The minimum atomic E-state index is -0.141. The summed E-state index contributed by atoms with van der Waals surface area (Å²) in [4.78, 5) is 33.5. The number of likely N-dealkylation sites (tertiary alicyclic amines) is 1. The molecule has 2 amide bonds. The SMILES string of the molecule is O=C(c1cccc(C(=O)N2CCc3ccccc32)n1)N1CCCCC1. The number of benzene rings is 1. The Morgan fingerprint density at radius 2 is 1.52 bits per heavy atom. The molecule has 1 aromatic heterocycles. The Morgan fingerprint density at radius 3 is 2.32 bits per heavy atom. The van der Waals surface area contributed by atoms with Crippen LogP contribution < -0.4 is 4.90 Å².